The molecule has 2 N–H and O–H groups in total. The van der Waals surface area contributed by atoms with Gasteiger partial charge in [-0.25, -0.2) is 4.98 Å². The van der Waals surface area contributed by atoms with Crippen LogP contribution in [0, 0.1) is 6.92 Å². The summed E-state index contributed by atoms with van der Waals surface area (Å²) in [5.74, 6) is 0.941. The Hall–Kier alpha value is -3.20. The van der Waals surface area contributed by atoms with Crippen molar-refractivity contribution in [2.75, 3.05) is 33.4 Å². The van der Waals surface area contributed by atoms with Gasteiger partial charge in [0.15, 0.2) is 5.58 Å². The van der Waals surface area contributed by atoms with Crippen LogP contribution in [0.25, 0.3) is 21.5 Å². The van der Waals surface area contributed by atoms with Crippen molar-refractivity contribution in [2.24, 2.45) is 0 Å². The number of ether oxygens (including phenoxy) is 2. The van der Waals surface area contributed by atoms with E-state index in [1.54, 1.807) is 13.2 Å². The zero-order chi connectivity index (χ0) is 24.5. The average molecular weight is 494 g/mol. The smallest absolute Gasteiger partial charge is 0.202 e. The number of aromatic nitrogens is 1. The first-order chi connectivity index (χ1) is 17.0. The molecule has 0 bridgehead atoms. The van der Waals surface area contributed by atoms with Crippen molar-refractivity contribution in [3.05, 3.63) is 74.6 Å². The fraction of sp³-hybridized carbons (Fsp3) is 0.333. The number of nitrogens with one attached hydrogen (secondary N) is 1. The fourth-order valence-electron chi connectivity index (χ4n) is 4.83. The molecule has 1 saturated heterocycles. The molecule has 4 aromatic rings. The van der Waals surface area contributed by atoms with Gasteiger partial charge in [-0.2, -0.15) is 0 Å². The lowest BCUT2D eigenvalue weighted by molar-refractivity contribution is -0.933. The molecule has 0 saturated carbocycles. The first-order valence-corrected chi connectivity index (χ1v) is 12.7. The molecule has 1 aliphatic heterocycles. The van der Waals surface area contributed by atoms with Crippen molar-refractivity contribution >= 4 is 22.3 Å². The summed E-state index contributed by atoms with van der Waals surface area (Å²) in [4.78, 5) is 19.4. The van der Waals surface area contributed by atoms with Crippen LogP contribution in [0.2, 0.25) is 0 Å². The van der Waals surface area contributed by atoms with Crippen molar-refractivity contribution < 1.29 is 23.9 Å². The summed E-state index contributed by atoms with van der Waals surface area (Å²) in [5, 5.41) is 14.5. The number of phenols is 1. The number of benzene rings is 2. The molecular weight excluding hydrogens is 464 g/mol. The molecule has 3 heterocycles. The highest BCUT2D eigenvalue weighted by molar-refractivity contribution is 7.13. The minimum Gasteiger partial charge on any atom is -0.507 e. The molecule has 1 atom stereocenters. The molecule has 2 aromatic heterocycles. The molecule has 0 radical (unpaired) electrons. The molecule has 7 nitrogen and oxygen atoms in total. The average Bonchev–Trinajstić information content (AvgIpc) is 3.32. The van der Waals surface area contributed by atoms with E-state index < -0.39 is 0 Å². The standard InChI is InChI=1S/C27H28N2O5S/c1-4-17-13-20-25(31)21(27-28-16(2)15-35-27)14-34-26(20)22(24(17)30)23(29-9-11-33-12-10-29)18-5-7-19(32-3)8-6-18/h5-8,13-15,23,30H,4,9-12H2,1-3H3/p+1/t23-/m1/s1. The van der Waals surface area contributed by atoms with Crippen LogP contribution in [0.15, 0.2) is 51.2 Å². The van der Waals surface area contributed by atoms with Crippen LogP contribution < -0.4 is 15.1 Å². The van der Waals surface area contributed by atoms with E-state index in [0.29, 0.717) is 46.7 Å². The number of quaternary nitrogens is 1. The molecule has 0 aliphatic carbocycles. The van der Waals surface area contributed by atoms with Gasteiger partial charge in [-0.05, 0) is 49.2 Å². The molecule has 1 fully saturated rings. The Labute approximate surface area is 207 Å². The SMILES string of the molecule is CCc1cc2c(=O)c(-c3nc(C)cs3)coc2c([C@@H](c2ccc(OC)cc2)[NH+]2CCOCC2)c1O. The van der Waals surface area contributed by atoms with Gasteiger partial charge in [0.2, 0.25) is 5.43 Å². The van der Waals surface area contributed by atoms with E-state index in [0.717, 1.165) is 35.7 Å². The maximum Gasteiger partial charge on any atom is 0.202 e. The van der Waals surface area contributed by atoms with Crippen LogP contribution in [0.5, 0.6) is 11.5 Å². The van der Waals surface area contributed by atoms with Crippen LogP contribution in [0.1, 0.15) is 35.3 Å². The lowest BCUT2D eigenvalue weighted by atomic mass is 9.91. The molecule has 0 unspecified atom stereocenters. The summed E-state index contributed by atoms with van der Waals surface area (Å²) >= 11 is 1.42. The van der Waals surface area contributed by atoms with Gasteiger partial charge in [0.05, 0.1) is 36.8 Å². The fourth-order valence-corrected chi connectivity index (χ4v) is 5.63. The third kappa shape index (κ3) is 4.33. The number of thiazole rings is 1. The van der Waals surface area contributed by atoms with Gasteiger partial charge in [0.25, 0.3) is 0 Å². The van der Waals surface area contributed by atoms with Gasteiger partial charge in [0.1, 0.15) is 41.9 Å². The van der Waals surface area contributed by atoms with E-state index in [1.165, 1.54) is 22.5 Å². The molecule has 2 aromatic carbocycles. The minimum atomic E-state index is -0.241. The quantitative estimate of drug-likeness (QED) is 0.428. The molecule has 0 spiro atoms. The Bertz CT molecular complexity index is 1400. The van der Waals surface area contributed by atoms with E-state index in [9.17, 15) is 9.90 Å². The van der Waals surface area contributed by atoms with Crippen molar-refractivity contribution in [1.29, 1.82) is 0 Å². The summed E-state index contributed by atoms with van der Waals surface area (Å²) < 4.78 is 17.2. The van der Waals surface area contributed by atoms with Gasteiger partial charge in [-0.3, -0.25) is 4.79 Å². The van der Waals surface area contributed by atoms with Crippen LogP contribution in [-0.4, -0.2) is 43.5 Å². The van der Waals surface area contributed by atoms with Crippen molar-refractivity contribution in [3.63, 3.8) is 0 Å². The molecule has 0 amide bonds. The number of aromatic hydroxyl groups is 1. The monoisotopic (exact) mass is 493 g/mol. The Morgan fingerprint density at radius 2 is 1.97 bits per heavy atom. The van der Waals surface area contributed by atoms with E-state index in [-0.39, 0.29) is 17.2 Å². The maximum atomic E-state index is 13.7. The summed E-state index contributed by atoms with van der Waals surface area (Å²) in [6, 6.07) is 9.40. The highest BCUT2D eigenvalue weighted by Crippen LogP contribution is 2.38. The highest BCUT2D eigenvalue weighted by atomic mass is 32.1. The van der Waals surface area contributed by atoms with E-state index in [4.69, 9.17) is 13.9 Å². The Morgan fingerprint density at radius 3 is 2.60 bits per heavy atom. The summed E-state index contributed by atoms with van der Waals surface area (Å²) in [7, 11) is 1.64. The highest BCUT2D eigenvalue weighted by Gasteiger charge is 2.34. The number of hydrogen-bond donors (Lipinski definition) is 2. The number of aryl methyl sites for hydroxylation is 2. The first kappa shape index (κ1) is 23.5. The summed E-state index contributed by atoms with van der Waals surface area (Å²) in [5.41, 5.74) is 3.95. The van der Waals surface area contributed by atoms with E-state index in [1.807, 2.05) is 43.5 Å². The minimum absolute atomic E-state index is 0.137. The van der Waals surface area contributed by atoms with Crippen molar-refractivity contribution in [3.8, 4) is 22.1 Å². The second-order valence-corrected chi connectivity index (χ2v) is 9.64. The number of phenolic OH excluding ortho intramolecular Hbond substituents is 1. The zero-order valence-electron chi connectivity index (χ0n) is 20.1. The molecule has 8 heteroatoms. The first-order valence-electron chi connectivity index (χ1n) is 11.8. The number of methoxy groups -OCH3 is 1. The Kier molecular flexibility index (Phi) is 6.60. The molecule has 5 rings (SSSR count). The van der Waals surface area contributed by atoms with E-state index >= 15 is 0 Å². The number of nitrogens with zero attached hydrogens (tertiary/aromatic N) is 1. The van der Waals surface area contributed by atoms with Gasteiger partial charge >= 0.3 is 0 Å². The van der Waals surface area contributed by atoms with E-state index in [2.05, 4.69) is 4.98 Å². The number of hydrogen-bond acceptors (Lipinski definition) is 7. The molecule has 1 aliphatic rings. The van der Waals surface area contributed by atoms with Crippen LogP contribution in [-0.2, 0) is 11.2 Å². The molecule has 182 valence electrons. The zero-order valence-corrected chi connectivity index (χ0v) is 20.9. The lowest BCUT2D eigenvalue weighted by Gasteiger charge is -2.33. The number of rotatable bonds is 6. The number of fused-ring (bicyclic) bond motifs is 1. The van der Waals surface area contributed by atoms with Crippen LogP contribution >= 0.6 is 11.3 Å². The van der Waals surface area contributed by atoms with Crippen molar-refractivity contribution in [1.82, 2.24) is 4.98 Å². The van der Waals surface area contributed by atoms with Crippen LogP contribution in [0.4, 0.5) is 0 Å². The molecule has 35 heavy (non-hydrogen) atoms. The van der Waals surface area contributed by atoms with Gasteiger partial charge < -0.3 is 23.9 Å². The Balaban J connectivity index is 1.77. The Morgan fingerprint density at radius 1 is 1.23 bits per heavy atom. The van der Waals surface area contributed by atoms with Crippen LogP contribution in [0.3, 0.4) is 0 Å². The topological polar surface area (TPSA) is 86.2 Å². The predicted molar refractivity (Wildman–Crippen MR) is 136 cm³/mol. The summed E-state index contributed by atoms with van der Waals surface area (Å²) in [6.07, 6.45) is 2.07. The van der Waals surface area contributed by atoms with Gasteiger partial charge in [-0.15, -0.1) is 11.3 Å². The largest absolute Gasteiger partial charge is 0.507 e. The maximum absolute atomic E-state index is 13.7. The second kappa shape index (κ2) is 9.81. The third-order valence-corrected chi connectivity index (χ3v) is 7.66. The van der Waals surface area contributed by atoms with Crippen molar-refractivity contribution in [2.45, 2.75) is 26.3 Å². The predicted octanol–water partition coefficient (Wildman–Crippen LogP) is 3.51. The number of morpholine rings is 1. The normalized spacial score (nSPS) is 15.4. The molecular formula is C27H29N2O5S+. The third-order valence-electron chi connectivity index (χ3n) is 6.66. The second-order valence-electron chi connectivity index (χ2n) is 8.78. The van der Waals surface area contributed by atoms with Gasteiger partial charge in [0, 0.05) is 16.6 Å². The summed E-state index contributed by atoms with van der Waals surface area (Å²) in [6.45, 7) is 6.68. The van der Waals surface area contributed by atoms with Gasteiger partial charge in [-0.1, -0.05) is 6.92 Å². The lowest BCUT2D eigenvalue weighted by Crippen LogP contribution is -3.14.